The Balaban J connectivity index is 2.35. The fraction of sp³-hybridized carbons (Fsp3) is 0.500. The highest BCUT2D eigenvalue weighted by atomic mass is 35.7. The Morgan fingerprint density at radius 2 is 1.86 bits per heavy atom. The van der Waals surface area contributed by atoms with Crippen LogP contribution in [0, 0.1) is 11.8 Å². The molecule has 0 N–H and O–H groups in total. The van der Waals surface area contributed by atoms with E-state index >= 15 is 0 Å². The van der Waals surface area contributed by atoms with E-state index in [9.17, 15) is 13.2 Å². The first-order valence-electron chi connectivity index (χ1n) is 6.66. The van der Waals surface area contributed by atoms with Crippen LogP contribution in [0.4, 0.5) is 0 Å². The Hall–Kier alpha value is -1.27. The third kappa shape index (κ3) is 3.32. The van der Waals surface area contributed by atoms with E-state index in [0.717, 1.165) is 0 Å². The molecular weight excluding hydrogens is 314 g/mol. The van der Waals surface area contributed by atoms with Gasteiger partial charge in [-0.05, 0) is 30.0 Å². The van der Waals surface area contributed by atoms with Crippen molar-refractivity contribution in [2.45, 2.75) is 18.7 Å². The molecule has 1 saturated heterocycles. The molecule has 1 aromatic carbocycles. The van der Waals surface area contributed by atoms with E-state index in [1.807, 2.05) is 0 Å². The number of methoxy groups -OCH3 is 1. The lowest BCUT2D eigenvalue weighted by molar-refractivity contribution is 0.0784. The van der Waals surface area contributed by atoms with E-state index < -0.39 is 9.05 Å². The molecule has 0 aliphatic carbocycles. The maximum atomic E-state index is 12.5. The summed E-state index contributed by atoms with van der Waals surface area (Å²) in [6.45, 7) is 5.55. The van der Waals surface area contributed by atoms with E-state index in [1.54, 1.807) is 11.0 Å². The molecule has 21 heavy (non-hydrogen) atoms. The second-order valence-electron chi connectivity index (χ2n) is 5.47. The van der Waals surface area contributed by atoms with Gasteiger partial charge in [-0.3, -0.25) is 4.79 Å². The summed E-state index contributed by atoms with van der Waals surface area (Å²) in [5.41, 5.74) is 0.302. The summed E-state index contributed by atoms with van der Waals surface area (Å²) in [4.78, 5) is 14.0. The lowest BCUT2D eigenvalue weighted by Gasteiger charge is -2.17. The molecule has 0 saturated carbocycles. The maximum Gasteiger partial charge on any atom is 0.265 e. The van der Waals surface area contributed by atoms with Gasteiger partial charge in [-0.1, -0.05) is 13.8 Å². The van der Waals surface area contributed by atoms with Crippen LogP contribution >= 0.6 is 10.7 Å². The highest BCUT2D eigenvalue weighted by Gasteiger charge is 2.30. The molecule has 7 heteroatoms. The number of halogens is 1. The van der Waals surface area contributed by atoms with Crippen molar-refractivity contribution in [2.75, 3.05) is 20.2 Å². The number of benzene rings is 1. The average molecular weight is 332 g/mol. The molecule has 2 unspecified atom stereocenters. The molecule has 116 valence electrons. The van der Waals surface area contributed by atoms with Crippen molar-refractivity contribution in [3.63, 3.8) is 0 Å². The second-order valence-corrected chi connectivity index (χ2v) is 8.00. The summed E-state index contributed by atoms with van der Waals surface area (Å²) in [5, 5.41) is 0. The van der Waals surface area contributed by atoms with Crippen LogP contribution in [0.3, 0.4) is 0 Å². The number of hydrogen-bond donors (Lipinski definition) is 0. The third-order valence-corrected chi connectivity index (χ3v) is 5.29. The molecule has 0 bridgehead atoms. The largest absolute Gasteiger partial charge is 0.495 e. The Bertz CT molecular complexity index is 649. The van der Waals surface area contributed by atoms with Crippen LogP contribution in [0.15, 0.2) is 23.1 Å². The molecule has 1 fully saturated rings. The molecule has 1 amide bonds. The van der Waals surface area contributed by atoms with Crippen molar-refractivity contribution in [1.82, 2.24) is 4.90 Å². The Morgan fingerprint density at radius 3 is 2.33 bits per heavy atom. The number of amides is 1. The van der Waals surface area contributed by atoms with Crippen molar-refractivity contribution >= 4 is 25.6 Å². The van der Waals surface area contributed by atoms with E-state index in [1.165, 1.54) is 19.2 Å². The van der Waals surface area contributed by atoms with E-state index in [4.69, 9.17) is 15.4 Å². The topological polar surface area (TPSA) is 63.7 Å². The molecule has 1 aromatic rings. The average Bonchev–Trinajstić information content (AvgIpc) is 2.76. The molecule has 2 atom stereocenters. The van der Waals surface area contributed by atoms with Crippen LogP contribution in [0.5, 0.6) is 5.75 Å². The fourth-order valence-corrected chi connectivity index (χ4v) is 3.50. The predicted molar refractivity (Wildman–Crippen MR) is 80.3 cm³/mol. The number of nitrogens with zero attached hydrogens (tertiary/aromatic N) is 1. The normalized spacial score (nSPS) is 22.4. The van der Waals surface area contributed by atoms with Crippen LogP contribution in [0.2, 0.25) is 0 Å². The van der Waals surface area contributed by atoms with Gasteiger partial charge in [-0.2, -0.15) is 0 Å². The van der Waals surface area contributed by atoms with E-state index in [0.29, 0.717) is 30.5 Å². The van der Waals surface area contributed by atoms with Gasteiger partial charge >= 0.3 is 0 Å². The Kier molecular flexibility index (Phi) is 4.49. The Morgan fingerprint density at radius 1 is 1.29 bits per heavy atom. The number of carbonyl (C=O) groups is 1. The summed E-state index contributed by atoms with van der Waals surface area (Å²) >= 11 is 0. The van der Waals surface area contributed by atoms with Gasteiger partial charge in [0.2, 0.25) is 0 Å². The van der Waals surface area contributed by atoms with Crippen molar-refractivity contribution in [3.05, 3.63) is 23.8 Å². The van der Waals surface area contributed by atoms with Crippen molar-refractivity contribution in [3.8, 4) is 5.75 Å². The van der Waals surface area contributed by atoms with Crippen LogP contribution in [0.25, 0.3) is 0 Å². The molecule has 1 heterocycles. The summed E-state index contributed by atoms with van der Waals surface area (Å²) < 4.78 is 28.1. The zero-order valence-corrected chi connectivity index (χ0v) is 13.7. The monoisotopic (exact) mass is 331 g/mol. The fourth-order valence-electron chi connectivity index (χ4n) is 2.48. The van der Waals surface area contributed by atoms with Crippen LogP contribution in [0.1, 0.15) is 24.2 Å². The van der Waals surface area contributed by atoms with Gasteiger partial charge in [0.1, 0.15) is 10.6 Å². The lowest BCUT2D eigenvalue weighted by Crippen LogP contribution is -2.29. The first kappa shape index (κ1) is 16.1. The number of rotatable bonds is 3. The number of likely N-dealkylation sites (tertiary alicyclic amines) is 1. The van der Waals surface area contributed by atoms with Gasteiger partial charge in [0, 0.05) is 29.3 Å². The quantitative estimate of drug-likeness (QED) is 0.798. The van der Waals surface area contributed by atoms with Crippen LogP contribution in [-0.4, -0.2) is 39.4 Å². The second kappa shape index (κ2) is 5.85. The zero-order chi connectivity index (χ0) is 15.8. The van der Waals surface area contributed by atoms with Gasteiger partial charge in [-0.15, -0.1) is 0 Å². The molecule has 0 aromatic heterocycles. The minimum atomic E-state index is -3.97. The molecule has 1 aliphatic rings. The number of carbonyl (C=O) groups excluding carboxylic acids is 1. The van der Waals surface area contributed by atoms with E-state index in [2.05, 4.69) is 13.8 Å². The van der Waals surface area contributed by atoms with Gasteiger partial charge in [0.25, 0.3) is 15.0 Å². The summed E-state index contributed by atoms with van der Waals surface area (Å²) in [6.07, 6.45) is 0. The highest BCUT2D eigenvalue weighted by Crippen LogP contribution is 2.29. The smallest absolute Gasteiger partial charge is 0.265 e. The number of hydrogen-bond acceptors (Lipinski definition) is 4. The predicted octanol–water partition coefficient (Wildman–Crippen LogP) is 2.35. The minimum Gasteiger partial charge on any atom is -0.495 e. The van der Waals surface area contributed by atoms with Gasteiger partial charge < -0.3 is 9.64 Å². The first-order valence-corrected chi connectivity index (χ1v) is 8.97. The zero-order valence-electron chi connectivity index (χ0n) is 12.2. The molecule has 5 nitrogen and oxygen atoms in total. The highest BCUT2D eigenvalue weighted by molar-refractivity contribution is 8.13. The standard InChI is InChI=1S/C14H18ClNO4S/c1-9-7-16(8-10(9)2)14(17)11-4-5-12(20-3)13(6-11)21(15,18)19/h4-6,9-10H,7-8H2,1-3H3. The van der Waals surface area contributed by atoms with Gasteiger partial charge in [0.05, 0.1) is 7.11 Å². The molecule has 2 rings (SSSR count). The number of ether oxygens (including phenoxy) is 1. The maximum absolute atomic E-state index is 12.5. The van der Waals surface area contributed by atoms with Gasteiger partial charge in [0.15, 0.2) is 0 Å². The Labute approximate surface area is 129 Å². The van der Waals surface area contributed by atoms with Crippen molar-refractivity contribution < 1.29 is 17.9 Å². The van der Waals surface area contributed by atoms with Crippen molar-refractivity contribution in [1.29, 1.82) is 0 Å². The molecular formula is C14H18ClNO4S. The third-order valence-electron chi connectivity index (χ3n) is 3.95. The first-order chi connectivity index (χ1) is 9.74. The summed E-state index contributed by atoms with van der Waals surface area (Å²) in [6, 6.07) is 4.28. The summed E-state index contributed by atoms with van der Waals surface area (Å²) in [5.74, 6) is 0.812. The lowest BCUT2D eigenvalue weighted by atomic mass is 10.0. The van der Waals surface area contributed by atoms with Crippen LogP contribution < -0.4 is 4.74 Å². The summed E-state index contributed by atoms with van der Waals surface area (Å²) in [7, 11) is 2.78. The van der Waals surface area contributed by atoms with Crippen LogP contribution in [-0.2, 0) is 9.05 Å². The molecule has 0 spiro atoms. The molecule has 0 radical (unpaired) electrons. The minimum absolute atomic E-state index is 0.129. The van der Waals surface area contributed by atoms with Gasteiger partial charge in [-0.25, -0.2) is 8.42 Å². The molecule has 1 aliphatic heterocycles. The SMILES string of the molecule is COc1ccc(C(=O)N2CC(C)C(C)C2)cc1S(=O)(=O)Cl. The van der Waals surface area contributed by atoms with E-state index in [-0.39, 0.29) is 16.6 Å². The van der Waals surface area contributed by atoms with Crippen molar-refractivity contribution in [2.24, 2.45) is 11.8 Å².